The highest BCUT2D eigenvalue weighted by Gasteiger charge is 2.22. The fourth-order valence-corrected chi connectivity index (χ4v) is 4.34. The van der Waals surface area contributed by atoms with Crippen molar-refractivity contribution in [3.05, 3.63) is 77.7 Å². The van der Waals surface area contributed by atoms with Crippen molar-refractivity contribution in [3.8, 4) is 5.88 Å². The quantitative estimate of drug-likeness (QED) is 0.305. The van der Waals surface area contributed by atoms with Gasteiger partial charge in [-0.05, 0) is 47.2 Å². The Morgan fingerprint density at radius 3 is 2.62 bits per heavy atom. The molecule has 10 nitrogen and oxygen atoms in total. The fourth-order valence-electron chi connectivity index (χ4n) is 4.34. The molecule has 1 saturated carbocycles. The molecular formula is C27H28N6O4. The SMILES string of the molecule is O=C(NCC1CCC1)c1nc(OCCO)ccc1NC(=O)c1ccc(Cn2ccnn2)c2ccccc12. The number of pyridine rings is 1. The third kappa shape index (κ3) is 5.59. The molecule has 2 amide bonds. The largest absolute Gasteiger partial charge is 0.475 e. The van der Waals surface area contributed by atoms with Crippen LogP contribution in [0.4, 0.5) is 5.69 Å². The lowest BCUT2D eigenvalue weighted by Gasteiger charge is -2.25. The summed E-state index contributed by atoms with van der Waals surface area (Å²) in [4.78, 5) is 30.8. The number of benzene rings is 2. The number of carbonyl (C=O) groups is 2. The maximum Gasteiger partial charge on any atom is 0.272 e. The van der Waals surface area contributed by atoms with Crippen molar-refractivity contribution in [1.29, 1.82) is 0 Å². The smallest absolute Gasteiger partial charge is 0.272 e. The Kier molecular flexibility index (Phi) is 7.36. The van der Waals surface area contributed by atoms with E-state index in [1.165, 1.54) is 6.42 Å². The number of fused-ring (bicyclic) bond motifs is 1. The normalized spacial score (nSPS) is 13.2. The van der Waals surface area contributed by atoms with Gasteiger partial charge >= 0.3 is 0 Å². The Hall–Kier alpha value is -4.31. The summed E-state index contributed by atoms with van der Waals surface area (Å²) in [5.41, 5.74) is 1.82. The second kappa shape index (κ2) is 11.2. The molecule has 1 fully saturated rings. The van der Waals surface area contributed by atoms with Gasteiger partial charge in [0.15, 0.2) is 5.69 Å². The monoisotopic (exact) mass is 500 g/mol. The van der Waals surface area contributed by atoms with Gasteiger partial charge in [-0.2, -0.15) is 0 Å². The van der Waals surface area contributed by atoms with Crippen molar-refractivity contribution in [2.24, 2.45) is 5.92 Å². The van der Waals surface area contributed by atoms with Gasteiger partial charge in [0.25, 0.3) is 11.8 Å². The van der Waals surface area contributed by atoms with Crippen LogP contribution in [0.5, 0.6) is 5.88 Å². The summed E-state index contributed by atoms with van der Waals surface area (Å²) >= 11 is 0. The molecule has 2 heterocycles. The van der Waals surface area contributed by atoms with Crippen LogP contribution in [-0.2, 0) is 6.54 Å². The first-order chi connectivity index (χ1) is 18.1. The fraction of sp³-hybridized carbons (Fsp3) is 0.296. The van der Waals surface area contributed by atoms with Crippen LogP contribution in [0.25, 0.3) is 10.8 Å². The van der Waals surface area contributed by atoms with Crippen molar-refractivity contribution in [2.45, 2.75) is 25.8 Å². The van der Waals surface area contributed by atoms with Crippen molar-refractivity contribution < 1.29 is 19.4 Å². The third-order valence-corrected chi connectivity index (χ3v) is 6.51. The number of aliphatic hydroxyl groups is 1. The van der Waals surface area contributed by atoms with E-state index >= 15 is 0 Å². The van der Waals surface area contributed by atoms with E-state index < -0.39 is 0 Å². The van der Waals surface area contributed by atoms with E-state index in [9.17, 15) is 9.59 Å². The number of hydrogen-bond donors (Lipinski definition) is 3. The first kappa shape index (κ1) is 24.4. The van der Waals surface area contributed by atoms with Crippen LogP contribution in [0.1, 0.15) is 45.7 Å². The number of ether oxygens (including phenoxy) is 1. The molecule has 0 saturated heterocycles. The summed E-state index contributed by atoms with van der Waals surface area (Å²) in [7, 11) is 0. The molecule has 10 heteroatoms. The van der Waals surface area contributed by atoms with Gasteiger partial charge in [0.05, 0.1) is 25.0 Å². The number of hydrogen-bond acceptors (Lipinski definition) is 7. The number of aliphatic hydroxyl groups excluding tert-OH is 1. The predicted molar refractivity (Wildman–Crippen MR) is 138 cm³/mol. The van der Waals surface area contributed by atoms with E-state index in [-0.39, 0.29) is 42.3 Å². The summed E-state index contributed by atoms with van der Waals surface area (Å²) < 4.78 is 7.12. The summed E-state index contributed by atoms with van der Waals surface area (Å²) in [6.07, 6.45) is 6.77. The van der Waals surface area contributed by atoms with Crippen LogP contribution in [-0.4, -0.2) is 56.7 Å². The molecule has 0 spiro atoms. The van der Waals surface area contributed by atoms with E-state index in [2.05, 4.69) is 25.9 Å². The van der Waals surface area contributed by atoms with Gasteiger partial charge in [0, 0.05) is 24.4 Å². The number of carbonyl (C=O) groups excluding carboxylic acids is 2. The Labute approximate surface area is 213 Å². The minimum absolute atomic E-state index is 0.0504. The Bertz CT molecular complexity index is 1400. The standard InChI is InChI=1S/C27H28N6O4/c34-14-15-37-24-11-10-23(25(31-24)27(36)28-16-18-4-3-5-18)30-26(35)22-9-8-19(17-33-13-12-29-32-33)20-6-1-2-7-21(20)22/h1-2,6-13,18,34H,3-5,14-17H2,(H,28,36)(H,30,35). The van der Waals surface area contributed by atoms with Crippen LogP contribution in [0, 0.1) is 5.92 Å². The minimum Gasteiger partial charge on any atom is -0.475 e. The third-order valence-electron chi connectivity index (χ3n) is 6.51. The molecule has 0 radical (unpaired) electrons. The second-order valence-corrected chi connectivity index (χ2v) is 9.00. The molecule has 190 valence electrons. The lowest BCUT2D eigenvalue weighted by atomic mass is 9.85. The molecule has 5 rings (SSSR count). The number of nitrogens with one attached hydrogen (secondary N) is 2. The van der Waals surface area contributed by atoms with Crippen LogP contribution in [0.2, 0.25) is 0 Å². The maximum absolute atomic E-state index is 13.4. The molecule has 0 bridgehead atoms. The molecule has 3 N–H and O–H groups in total. The zero-order valence-electron chi connectivity index (χ0n) is 20.3. The van der Waals surface area contributed by atoms with Crippen LogP contribution >= 0.6 is 0 Å². The Balaban J connectivity index is 1.42. The van der Waals surface area contributed by atoms with Crippen LogP contribution in [0.15, 0.2) is 60.9 Å². The highest BCUT2D eigenvalue weighted by molar-refractivity contribution is 6.15. The van der Waals surface area contributed by atoms with Crippen molar-refractivity contribution >= 4 is 28.3 Å². The zero-order chi connectivity index (χ0) is 25.6. The molecule has 0 unspecified atom stereocenters. The van der Waals surface area contributed by atoms with Crippen molar-refractivity contribution in [3.63, 3.8) is 0 Å². The molecule has 2 aromatic heterocycles. The first-order valence-electron chi connectivity index (χ1n) is 12.3. The van der Waals surface area contributed by atoms with Crippen molar-refractivity contribution in [1.82, 2.24) is 25.3 Å². The lowest BCUT2D eigenvalue weighted by molar-refractivity contribution is 0.0933. The predicted octanol–water partition coefficient (Wildman–Crippen LogP) is 3.03. The number of aromatic nitrogens is 4. The Morgan fingerprint density at radius 1 is 1.05 bits per heavy atom. The second-order valence-electron chi connectivity index (χ2n) is 9.00. The topological polar surface area (TPSA) is 131 Å². The molecule has 0 aliphatic heterocycles. The molecule has 1 aliphatic carbocycles. The maximum atomic E-state index is 13.4. The van der Waals surface area contributed by atoms with E-state index in [0.717, 1.165) is 29.2 Å². The van der Waals surface area contributed by atoms with Crippen molar-refractivity contribution in [2.75, 3.05) is 25.1 Å². The first-order valence-corrected chi connectivity index (χ1v) is 12.3. The van der Waals surface area contributed by atoms with Gasteiger partial charge < -0.3 is 20.5 Å². The van der Waals surface area contributed by atoms with Crippen LogP contribution in [0.3, 0.4) is 0 Å². The molecule has 37 heavy (non-hydrogen) atoms. The molecule has 1 aliphatic rings. The van der Waals surface area contributed by atoms with Gasteiger partial charge in [0.2, 0.25) is 5.88 Å². The van der Waals surface area contributed by atoms with E-state index in [1.807, 2.05) is 30.3 Å². The van der Waals surface area contributed by atoms with E-state index in [4.69, 9.17) is 9.84 Å². The number of amides is 2. The number of anilines is 1. The number of nitrogens with zero attached hydrogens (tertiary/aromatic N) is 4. The van der Waals surface area contributed by atoms with E-state index in [1.54, 1.807) is 35.3 Å². The summed E-state index contributed by atoms with van der Waals surface area (Å²) in [5.74, 6) is -0.0750. The summed E-state index contributed by atoms with van der Waals surface area (Å²) in [6.45, 7) is 0.957. The van der Waals surface area contributed by atoms with Gasteiger partial charge in [-0.1, -0.05) is 42.0 Å². The minimum atomic E-state index is -0.385. The van der Waals surface area contributed by atoms with Gasteiger partial charge in [0.1, 0.15) is 6.61 Å². The molecule has 0 atom stereocenters. The van der Waals surface area contributed by atoms with Gasteiger partial charge in [-0.25, -0.2) is 9.67 Å². The van der Waals surface area contributed by atoms with Gasteiger partial charge in [-0.15, -0.1) is 5.10 Å². The molecule has 2 aromatic carbocycles. The van der Waals surface area contributed by atoms with Gasteiger partial charge in [-0.3, -0.25) is 9.59 Å². The summed E-state index contributed by atoms with van der Waals surface area (Å²) in [6, 6.07) is 14.5. The highest BCUT2D eigenvalue weighted by atomic mass is 16.5. The van der Waals surface area contributed by atoms with Crippen LogP contribution < -0.4 is 15.4 Å². The highest BCUT2D eigenvalue weighted by Crippen LogP contribution is 2.27. The summed E-state index contributed by atoms with van der Waals surface area (Å²) in [5, 5.41) is 24.5. The lowest BCUT2D eigenvalue weighted by Crippen LogP contribution is -2.33. The number of rotatable bonds is 10. The average Bonchev–Trinajstić information content (AvgIpc) is 3.40. The van der Waals surface area contributed by atoms with E-state index in [0.29, 0.717) is 24.6 Å². The molecule has 4 aromatic rings. The Morgan fingerprint density at radius 2 is 1.89 bits per heavy atom. The molecular weight excluding hydrogens is 472 g/mol. The average molecular weight is 501 g/mol. The zero-order valence-corrected chi connectivity index (χ0v) is 20.3.